The first kappa shape index (κ1) is 18.8. The fourth-order valence-electron chi connectivity index (χ4n) is 5.16. The highest BCUT2D eigenvalue weighted by atomic mass is 16.5. The molecule has 5 rings (SSSR count). The largest absolute Gasteiger partial charge is 0.457 e. The summed E-state index contributed by atoms with van der Waals surface area (Å²) in [6, 6.07) is 13.9. The molecule has 1 atom stereocenters. The molecular weight excluding hydrogens is 360 g/mol. The minimum atomic E-state index is -0.178. The van der Waals surface area contributed by atoms with Crippen LogP contribution in [0.5, 0.6) is 0 Å². The summed E-state index contributed by atoms with van der Waals surface area (Å²) in [7, 11) is 0. The Bertz CT molecular complexity index is 915. The quantitative estimate of drug-likeness (QED) is 0.750. The van der Waals surface area contributed by atoms with Crippen molar-refractivity contribution >= 4 is 5.97 Å². The Morgan fingerprint density at radius 2 is 1.86 bits per heavy atom. The smallest absolute Gasteiger partial charge is 0.338 e. The fraction of sp³-hybridized carbons (Fsp3) is 0.480. The molecule has 1 saturated heterocycles. The van der Waals surface area contributed by atoms with Crippen LogP contribution in [0.25, 0.3) is 0 Å². The van der Waals surface area contributed by atoms with Gasteiger partial charge in [-0.05, 0) is 55.4 Å². The maximum absolute atomic E-state index is 11.6. The van der Waals surface area contributed by atoms with Crippen LogP contribution in [0.2, 0.25) is 0 Å². The third-order valence-corrected chi connectivity index (χ3v) is 6.95. The lowest BCUT2D eigenvalue weighted by atomic mass is 9.86. The van der Waals surface area contributed by atoms with E-state index >= 15 is 0 Å². The van der Waals surface area contributed by atoms with E-state index in [1.165, 1.54) is 43.5 Å². The average Bonchev–Trinajstić information content (AvgIpc) is 3.12. The predicted molar refractivity (Wildman–Crippen MR) is 114 cm³/mol. The SMILES string of the molecule is Cc1ccc2c(c1)CCC(N1CCN(CCc3ccc4c(c3)COC4=O)CC1)C2. The number of carbonyl (C=O) groups is 1. The minimum absolute atomic E-state index is 0.178. The number of nitrogens with zero attached hydrogens (tertiary/aromatic N) is 2. The molecule has 1 fully saturated rings. The summed E-state index contributed by atoms with van der Waals surface area (Å²) >= 11 is 0. The molecule has 2 aromatic carbocycles. The molecule has 4 heteroatoms. The van der Waals surface area contributed by atoms with Crippen molar-refractivity contribution < 1.29 is 9.53 Å². The van der Waals surface area contributed by atoms with Crippen molar-refractivity contribution in [1.82, 2.24) is 9.80 Å². The van der Waals surface area contributed by atoms with E-state index < -0.39 is 0 Å². The Kier molecular flexibility index (Phi) is 5.15. The van der Waals surface area contributed by atoms with Crippen LogP contribution >= 0.6 is 0 Å². The number of rotatable bonds is 4. The topological polar surface area (TPSA) is 32.8 Å². The molecule has 0 spiro atoms. The minimum Gasteiger partial charge on any atom is -0.457 e. The second kappa shape index (κ2) is 7.92. The standard InChI is InChI=1S/C25H30N2O2/c1-18-2-4-21-16-23(6-5-20(21)14-18)27-12-10-26(11-13-27)9-8-19-3-7-24-22(15-19)17-29-25(24)28/h2-4,7,14-15,23H,5-6,8-13,16-17H2,1H3. The molecule has 0 aromatic heterocycles. The van der Waals surface area contributed by atoms with E-state index in [-0.39, 0.29) is 5.97 Å². The van der Waals surface area contributed by atoms with Crippen LogP contribution in [0.4, 0.5) is 0 Å². The van der Waals surface area contributed by atoms with Gasteiger partial charge in [0, 0.05) is 44.3 Å². The number of esters is 1. The van der Waals surface area contributed by atoms with Gasteiger partial charge in [0.1, 0.15) is 6.61 Å². The number of hydrogen-bond acceptors (Lipinski definition) is 4. The Morgan fingerprint density at radius 3 is 2.72 bits per heavy atom. The molecule has 2 aromatic rings. The summed E-state index contributed by atoms with van der Waals surface area (Å²) in [4.78, 5) is 16.9. The fourth-order valence-corrected chi connectivity index (χ4v) is 5.16. The van der Waals surface area contributed by atoms with Gasteiger partial charge in [-0.25, -0.2) is 4.79 Å². The lowest BCUT2D eigenvalue weighted by Crippen LogP contribution is -2.52. The van der Waals surface area contributed by atoms with E-state index in [9.17, 15) is 4.79 Å². The number of benzene rings is 2. The number of cyclic esters (lactones) is 1. The summed E-state index contributed by atoms with van der Waals surface area (Å²) in [6.07, 6.45) is 4.78. The lowest BCUT2D eigenvalue weighted by Gasteiger charge is -2.41. The van der Waals surface area contributed by atoms with Crippen molar-refractivity contribution in [3.63, 3.8) is 0 Å². The Hall–Kier alpha value is -2.17. The maximum atomic E-state index is 11.6. The number of fused-ring (bicyclic) bond motifs is 2. The molecule has 1 aliphatic carbocycles. The van der Waals surface area contributed by atoms with Crippen molar-refractivity contribution in [3.8, 4) is 0 Å². The molecule has 0 saturated carbocycles. The summed E-state index contributed by atoms with van der Waals surface area (Å²) in [6.45, 7) is 8.39. The van der Waals surface area contributed by atoms with Crippen LogP contribution in [-0.2, 0) is 30.6 Å². The third kappa shape index (κ3) is 3.96. The van der Waals surface area contributed by atoms with E-state index in [1.807, 2.05) is 6.07 Å². The van der Waals surface area contributed by atoms with Gasteiger partial charge >= 0.3 is 5.97 Å². The number of hydrogen-bond donors (Lipinski definition) is 0. The van der Waals surface area contributed by atoms with Gasteiger partial charge in [0.25, 0.3) is 0 Å². The van der Waals surface area contributed by atoms with E-state index in [0.717, 1.165) is 37.2 Å². The summed E-state index contributed by atoms with van der Waals surface area (Å²) in [5.74, 6) is -0.178. The molecule has 0 bridgehead atoms. The zero-order valence-corrected chi connectivity index (χ0v) is 17.3. The number of piperazine rings is 1. The Balaban J connectivity index is 1.12. The van der Waals surface area contributed by atoms with Gasteiger partial charge in [0.15, 0.2) is 0 Å². The third-order valence-electron chi connectivity index (χ3n) is 6.95. The van der Waals surface area contributed by atoms with Gasteiger partial charge in [-0.15, -0.1) is 0 Å². The molecule has 2 aliphatic heterocycles. The van der Waals surface area contributed by atoms with E-state index in [2.05, 4.69) is 47.1 Å². The highest BCUT2D eigenvalue weighted by Gasteiger charge is 2.27. The number of carbonyl (C=O) groups excluding carboxylic acids is 1. The van der Waals surface area contributed by atoms with Crippen LogP contribution in [0.3, 0.4) is 0 Å². The molecule has 0 radical (unpaired) electrons. The predicted octanol–water partition coefficient (Wildman–Crippen LogP) is 3.38. The van der Waals surface area contributed by atoms with E-state index in [0.29, 0.717) is 12.6 Å². The highest BCUT2D eigenvalue weighted by Crippen LogP contribution is 2.26. The molecule has 0 amide bonds. The summed E-state index contributed by atoms with van der Waals surface area (Å²) in [5, 5.41) is 0. The van der Waals surface area contributed by atoms with Crippen LogP contribution in [0.1, 0.15) is 44.6 Å². The molecule has 0 N–H and O–H groups in total. The Labute approximate surface area is 173 Å². The van der Waals surface area contributed by atoms with Crippen LogP contribution in [-0.4, -0.2) is 54.5 Å². The van der Waals surface area contributed by atoms with Crippen molar-refractivity contribution in [3.05, 3.63) is 69.8 Å². The van der Waals surface area contributed by atoms with Gasteiger partial charge in [0.2, 0.25) is 0 Å². The van der Waals surface area contributed by atoms with Crippen molar-refractivity contribution in [1.29, 1.82) is 0 Å². The second-order valence-electron chi connectivity index (χ2n) is 8.86. The first-order valence-corrected chi connectivity index (χ1v) is 11.0. The van der Waals surface area contributed by atoms with Gasteiger partial charge < -0.3 is 9.64 Å². The zero-order valence-electron chi connectivity index (χ0n) is 17.3. The molecule has 2 heterocycles. The molecule has 4 nitrogen and oxygen atoms in total. The molecule has 152 valence electrons. The normalized spacial score (nSPS) is 22.2. The average molecular weight is 391 g/mol. The van der Waals surface area contributed by atoms with Gasteiger partial charge in [-0.1, -0.05) is 35.9 Å². The van der Waals surface area contributed by atoms with Crippen LogP contribution in [0.15, 0.2) is 36.4 Å². The lowest BCUT2D eigenvalue weighted by molar-refractivity contribution is 0.0535. The molecule has 3 aliphatic rings. The highest BCUT2D eigenvalue weighted by molar-refractivity contribution is 5.93. The molecule has 29 heavy (non-hydrogen) atoms. The molecule has 1 unspecified atom stereocenters. The van der Waals surface area contributed by atoms with E-state index in [4.69, 9.17) is 4.74 Å². The van der Waals surface area contributed by atoms with Gasteiger partial charge in [-0.3, -0.25) is 4.90 Å². The van der Waals surface area contributed by atoms with Gasteiger partial charge in [-0.2, -0.15) is 0 Å². The zero-order chi connectivity index (χ0) is 19.8. The number of aryl methyl sites for hydroxylation is 2. The van der Waals surface area contributed by atoms with Crippen LogP contribution in [0, 0.1) is 6.92 Å². The summed E-state index contributed by atoms with van der Waals surface area (Å²) in [5.41, 5.74) is 7.62. The maximum Gasteiger partial charge on any atom is 0.338 e. The monoisotopic (exact) mass is 390 g/mol. The van der Waals surface area contributed by atoms with Crippen molar-refractivity contribution in [2.75, 3.05) is 32.7 Å². The Morgan fingerprint density at radius 1 is 1.00 bits per heavy atom. The second-order valence-corrected chi connectivity index (χ2v) is 8.86. The first-order chi connectivity index (χ1) is 14.2. The van der Waals surface area contributed by atoms with Gasteiger partial charge in [0.05, 0.1) is 5.56 Å². The summed E-state index contributed by atoms with van der Waals surface area (Å²) < 4.78 is 5.12. The number of ether oxygens (including phenoxy) is 1. The van der Waals surface area contributed by atoms with Crippen LogP contribution < -0.4 is 0 Å². The van der Waals surface area contributed by atoms with E-state index in [1.54, 1.807) is 11.1 Å². The first-order valence-electron chi connectivity index (χ1n) is 11.0. The molecular formula is C25H30N2O2. The van der Waals surface area contributed by atoms with Crippen molar-refractivity contribution in [2.45, 2.75) is 45.3 Å². The van der Waals surface area contributed by atoms with Crippen molar-refractivity contribution in [2.24, 2.45) is 0 Å².